The molecule has 1 aliphatic heterocycles. The van der Waals surface area contributed by atoms with Crippen molar-refractivity contribution in [2.24, 2.45) is 0 Å². The molecule has 0 bridgehead atoms. The zero-order valence-electron chi connectivity index (χ0n) is 13.9. The summed E-state index contributed by atoms with van der Waals surface area (Å²) in [5.74, 6) is -0.184. The Morgan fingerprint density at radius 3 is 2.80 bits per heavy atom. The van der Waals surface area contributed by atoms with Crippen LogP contribution in [0.15, 0.2) is 48.8 Å². The molecule has 0 radical (unpaired) electrons. The molecule has 1 aromatic carbocycles. The number of rotatable bonds is 3. The van der Waals surface area contributed by atoms with Gasteiger partial charge in [-0.1, -0.05) is 18.2 Å². The Hall–Kier alpha value is -2.70. The number of aromatic nitrogens is 2. The molecule has 0 unspecified atom stereocenters. The van der Waals surface area contributed by atoms with Crippen LogP contribution in [0.2, 0.25) is 0 Å². The molecule has 6 nitrogen and oxygen atoms in total. The van der Waals surface area contributed by atoms with Gasteiger partial charge in [0, 0.05) is 23.6 Å². The monoisotopic (exact) mass is 337 g/mol. The summed E-state index contributed by atoms with van der Waals surface area (Å²) in [6.45, 7) is 3.33. The second-order valence-electron chi connectivity index (χ2n) is 6.05. The van der Waals surface area contributed by atoms with Crippen molar-refractivity contribution in [3.8, 4) is 11.3 Å². The minimum atomic E-state index is -0.546. The Labute approximate surface area is 145 Å². The van der Waals surface area contributed by atoms with Gasteiger partial charge in [0.2, 0.25) is 0 Å². The van der Waals surface area contributed by atoms with Crippen molar-refractivity contribution in [3.05, 3.63) is 54.4 Å². The first-order chi connectivity index (χ1) is 12.2. The van der Waals surface area contributed by atoms with Gasteiger partial charge in [0.05, 0.1) is 25.5 Å². The van der Waals surface area contributed by atoms with Crippen molar-refractivity contribution in [2.75, 3.05) is 25.1 Å². The van der Waals surface area contributed by atoms with E-state index in [0.717, 1.165) is 28.2 Å². The van der Waals surface area contributed by atoms with Gasteiger partial charge in [-0.15, -0.1) is 0 Å². The lowest BCUT2D eigenvalue weighted by Gasteiger charge is -2.22. The maximum atomic E-state index is 12.1. The number of hydrogen-bond acceptors (Lipinski definition) is 4. The zero-order valence-corrected chi connectivity index (χ0v) is 13.9. The van der Waals surface area contributed by atoms with Crippen LogP contribution in [0.4, 0.5) is 5.69 Å². The van der Waals surface area contributed by atoms with Crippen LogP contribution in [-0.2, 0) is 14.3 Å². The molecule has 1 saturated heterocycles. The van der Waals surface area contributed by atoms with Gasteiger partial charge in [-0.25, -0.2) is 4.98 Å². The lowest BCUT2D eigenvalue weighted by molar-refractivity contribution is -0.142. The van der Waals surface area contributed by atoms with Crippen molar-refractivity contribution in [1.82, 2.24) is 9.38 Å². The summed E-state index contributed by atoms with van der Waals surface area (Å²) in [5.41, 5.74) is 4.70. The van der Waals surface area contributed by atoms with Crippen LogP contribution in [0.25, 0.3) is 16.9 Å². The molecule has 1 N–H and O–H groups in total. The molecule has 1 aliphatic rings. The average molecular weight is 337 g/mol. The summed E-state index contributed by atoms with van der Waals surface area (Å²) >= 11 is 0. The number of anilines is 1. The van der Waals surface area contributed by atoms with E-state index < -0.39 is 6.10 Å². The van der Waals surface area contributed by atoms with Crippen LogP contribution in [0.5, 0.6) is 0 Å². The number of imidazole rings is 1. The number of carbonyl (C=O) groups is 1. The lowest BCUT2D eigenvalue weighted by Crippen LogP contribution is -2.39. The molecule has 2 aromatic heterocycles. The number of carbonyl (C=O) groups excluding carboxylic acids is 1. The van der Waals surface area contributed by atoms with Gasteiger partial charge in [0.25, 0.3) is 5.91 Å². The Kier molecular flexibility index (Phi) is 4.21. The van der Waals surface area contributed by atoms with Gasteiger partial charge >= 0.3 is 0 Å². The third-order valence-corrected chi connectivity index (χ3v) is 4.23. The highest BCUT2D eigenvalue weighted by atomic mass is 16.6. The zero-order chi connectivity index (χ0) is 17.2. The molecule has 0 aliphatic carbocycles. The summed E-state index contributed by atoms with van der Waals surface area (Å²) < 4.78 is 12.7. The number of nitrogens with one attached hydrogen (secondary N) is 1. The van der Waals surface area contributed by atoms with Gasteiger partial charge in [0.1, 0.15) is 5.65 Å². The number of pyridine rings is 1. The second-order valence-corrected chi connectivity index (χ2v) is 6.05. The third kappa shape index (κ3) is 3.26. The predicted molar refractivity (Wildman–Crippen MR) is 94.6 cm³/mol. The Balaban J connectivity index is 1.51. The number of aryl methyl sites for hydroxylation is 1. The van der Waals surface area contributed by atoms with E-state index in [0.29, 0.717) is 19.8 Å². The average Bonchev–Trinajstić information content (AvgIpc) is 3.09. The molecule has 25 heavy (non-hydrogen) atoms. The number of fused-ring (bicyclic) bond motifs is 1. The highest BCUT2D eigenvalue weighted by Gasteiger charge is 2.22. The van der Waals surface area contributed by atoms with Crippen LogP contribution in [-0.4, -0.2) is 41.2 Å². The molecule has 1 atom stereocenters. The minimum absolute atomic E-state index is 0.184. The molecule has 3 heterocycles. The normalized spacial score (nSPS) is 17.6. The van der Waals surface area contributed by atoms with Gasteiger partial charge in [-0.2, -0.15) is 0 Å². The summed E-state index contributed by atoms with van der Waals surface area (Å²) in [6, 6.07) is 11.7. The van der Waals surface area contributed by atoms with Gasteiger partial charge in [-0.05, 0) is 30.7 Å². The molecule has 1 amide bonds. The van der Waals surface area contributed by atoms with Crippen molar-refractivity contribution < 1.29 is 14.3 Å². The van der Waals surface area contributed by atoms with Crippen molar-refractivity contribution in [2.45, 2.75) is 13.0 Å². The van der Waals surface area contributed by atoms with E-state index in [-0.39, 0.29) is 5.91 Å². The van der Waals surface area contributed by atoms with E-state index in [4.69, 9.17) is 9.47 Å². The van der Waals surface area contributed by atoms with E-state index in [2.05, 4.69) is 10.3 Å². The van der Waals surface area contributed by atoms with Crippen molar-refractivity contribution in [3.63, 3.8) is 0 Å². The highest BCUT2D eigenvalue weighted by molar-refractivity contribution is 5.94. The fourth-order valence-electron chi connectivity index (χ4n) is 2.88. The topological polar surface area (TPSA) is 64.9 Å². The maximum absolute atomic E-state index is 12.1. The molecular weight excluding hydrogens is 318 g/mol. The number of hydrogen-bond donors (Lipinski definition) is 1. The molecule has 4 rings (SSSR count). The largest absolute Gasteiger partial charge is 0.376 e. The lowest BCUT2D eigenvalue weighted by atomic mass is 10.1. The minimum Gasteiger partial charge on any atom is -0.376 e. The SMILES string of the molecule is Cc1cccn2cc(-c3ccc(NC(=O)[C@H]4COCCO4)cc3)nc12. The third-order valence-electron chi connectivity index (χ3n) is 4.23. The first kappa shape index (κ1) is 15.8. The number of nitrogens with zero attached hydrogens (tertiary/aromatic N) is 2. The first-order valence-corrected chi connectivity index (χ1v) is 8.26. The van der Waals surface area contributed by atoms with E-state index in [1.165, 1.54) is 0 Å². The fourth-order valence-corrected chi connectivity index (χ4v) is 2.88. The predicted octanol–water partition coefficient (Wildman–Crippen LogP) is 2.66. The smallest absolute Gasteiger partial charge is 0.255 e. The molecule has 6 heteroatoms. The van der Waals surface area contributed by atoms with Crippen LogP contribution in [0.3, 0.4) is 0 Å². The fraction of sp³-hybridized carbons (Fsp3) is 0.263. The Morgan fingerprint density at radius 1 is 1.24 bits per heavy atom. The molecular formula is C19H19N3O3. The second kappa shape index (κ2) is 6.66. The highest BCUT2D eigenvalue weighted by Crippen LogP contribution is 2.22. The van der Waals surface area contributed by atoms with Crippen LogP contribution >= 0.6 is 0 Å². The van der Waals surface area contributed by atoms with Crippen molar-refractivity contribution in [1.29, 1.82) is 0 Å². The maximum Gasteiger partial charge on any atom is 0.255 e. The van der Waals surface area contributed by atoms with Crippen LogP contribution < -0.4 is 5.32 Å². The summed E-state index contributed by atoms with van der Waals surface area (Å²) in [6.07, 6.45) is 3.44. The van der Waals surface area contributed by atoms with Gasteiger partial charge in [-0.3, -0.25) is 4.79 Å². The van der Waals surface area contributed by atoms with Gasteiger partial charge in [0.15, 0.2) is 6.10 Å². The van der Waals surface area contributed by atoms with Crippen LogP contribution in [0.1, 0.15) is 5.56 Å². The van der Waals surface area contributed by atoms with E-state index in [9.17, 15) is 4.79 Å². The number of benzene rings is 1. The Bertz CT molecular complexity index is 896. The summed E-state index contributed by atoms with van der Waals surface area (Å²) in [5, 5.41) is 2.86. The number of amides is 1. The van der Waals surface area contributed by atoms with E-state index in [1.807, 2.05) is 60.1 Å². The van der Waals surface area contributed by atoms with Crippen LogP contribution in [0, 0.1) is 6.92 Å². The molecule has 0 saturated carbocycles. The number of ether oxygens (including phenoxy) is 2. The van der Waals surface area contributed by atoms with Crippen molar-refractivity contribution >= 4 is 17.2 Å². The standard InChI is InChI=1S/C19H19N3O3/c1-13-3-2-8-22-11-16(21-18(13)22)14-4-6-15(7-5-14)20-19(23)17-12-24-9-10-25-17/h2-8,11,17H,9-10,12H2,1H3,(H,20,23)/t17-/m1/s1. The summed E-state index contributed by atoms with van der Waals surface area (Å²) in [7, 11) is 0. The van der Waals surface area contributed by atoms with E-state index >= 15 is 0 Å². The first-order valence-electron chi connectivity index (χ1n) is 8.26. The quantitative estimate of drug-likeness (QED) is 0.798. The molecule has 0 spiro atoms. The summed E-state index contributed by atoms with van der Waals surface area (Å²) in [4.78, 5) is 16.8. The Morgan fingerprint density at radius 2 is 2.08 bits per heavy atom. The molecule has 1 fully saturated rings. The van der Waals surface area contributed by atoms with E-state index in [1.54, 1.807) is 0 Å². The molecule has 128 valence electrons. The molecule has 3 aromatic rings. The van der Waals surface area contributed by atoms with Gasteiger partial charge < -0.3 is 19.2 Å².